The average Bonchev–Trinajstić information content (AvgIpc) is 2.20. The van der Waals surface area contributed by atoms with E-state index in [4.69, 9.17) is 21.6 Å². The predicted octanol–water partition coefficient (Wildman–Crippen LogP) is 2.16. The van der Waals surface area contributed by atoms with Gasteiger partial charge in [0.2, 0.25) is 0 Å². The first-order valence-corrected chi connectivity index (χ1v) is 3.53. The van der Waals surface area contributed by atoms with E-state index in [2.05, 4.69) is 0 Å². The van der Waals surface area contributed by atoms with Crippen molar-refractivity contribution in [2.45, 2.75) is 25.9 Å². The number of halogens is 1. The van der Waals surface area contributed by atoms with Crippen LogP contribution in [0.1, 0.15) is 19.8 Å². The van der Waals surface area contributed by atoms with Crippen molar-refractivity contribution in [2.75, 3.05) is 0 Å². The molecular weight excluding hydrogens is 150 g/mol. The van der Waals surface area contributed by atoms with Crippen molar-refractivity contribution < 1.29 is 4.74 Å². The summed E-state index contributed by atoms with van der Waals surface area (Å²) in [6.07, 6.45) is 3.30. The van der Waals surface area contributed by atoms with Gasteiger partial charge in [-0.05, 0) is 25.3 Å². The molecule has 0 aliphatic heterocycles. The summed E-state index contributed by atoms with van der Waals surface area (Å²) in [5.74, 6) is 0. The fraction of sp³-hybridized carbons (Fsp3) is 0.571. The van der Waals surface area contributed by atoms with E-state index in [0.29, 0.717) is 0 Å². The lowest BCUT2D eigenvalue weighted by atomic mass is 10.2. The first-order valence-electron chi connectivity index (χ1n) is 3.15. The second kappa shape index (κ2) is 2.94. The first-order chi connectivity index (χ1) is 4.75. The standard InChI is InChI=1S/C7H8ClNO/c1-5-6(8)2-3-7(5)10-4-9/h7H,2-3H2,1H3. The highest BCUT2D eigenvalue weighted by Crippen LogP contribution is 2.30. The molecule has 0 spiro atoms. The third-order valence-electron chi connectivity index (χ3n) is 1.73. The normalized spacial score (nSPS) is 24.7. The number of hydrogen-bond acceptors (Lipinski definition) is 2. The molecule has 2 nitrogen and oxygen atoms in total. The van der Waals surface area contributed by atoms with Crippen molar-refractivity contribution in [3.8, 4) is 6.26 Å². The first kappa shape index (κ1) is 7.43. The molecule has 1 unspecified atom stereocenters. The Morgan fingerprint density at radius 3 is 2.90 bits per heavy atom. The zero-order valence-electron chi connectivity index (χ0n) is 5.72. The van der Waals surface area contributed by atoms with Crippen molar-refractivity contribution in [1.82, 2.24) is 0 Å². The van der Waals surface area contributed by atoms with Crippen molar-refractivity contribution in [3.63, 3.8) is 0 Å². The molecule has 0 bridgehead atoms. The van der Waals surface area contributed by atoms with Crippen molar-refractivity contribution >= 4 is 11.6 Å². The van der Waals surface area contributed by atoms with Gasteiger partial charge in [-0.15, -0.1) is 0 Å². The van der Waals surface area contributed by atoms with Gasteiger partial charge < -0.3 is 4.74 Å². The lowest BCUT2D eigenvalue weighted by molar-refractivity contribution is 0.195. The second-order valence-electron chi connectivity index (χ2n) is 2.32. The second-order valence-corrected chi connectivity index (χ2v) is 2.78. The molecule has 0 aromatic rings. The van der Waals surface area contributed by atoms with Crippen LogP contribution in [0.25, 0.3) is 0 Å². The average molecular weight is 158 g/mol. The lowest BCUT2D eigenvalue weighted by Crippen LogP contribution is -2.05. The maximum absolute atomic E-state index is 8.19. The summed E-state index contributed by atoms with van der Waals surface area (Å²) in [7, 11) is 0. The molecule has 0 radical (unpaired) electrons. The Balaban J connectivity index is 2.61. The summed E-state index contributed by atoms with van der Waals surface area (Å²) in [5, 5.41) is 9.04. The van der Waals surface area contributed by atoms with Crippen LogP contribution in [0.5, 0.6) is 0 Å². The molecule has 0 heterocycles. The molecule has 0 saturated heterocycles. The molecule has 0 amide bonds. The minimum atomic E-state index is -0.0579. The summed E-state index contributed by atoms with van der Waals surface area (Å²) >= 11 is 5.78. The van der Waals surface area contributed by atoms with E-state index in [9.17, 15) is 0 Å². The minimum Gasteiger partial charge on any atom is -0.420 e. The third kappa shape index (κ3) is 1.25. The van der Waals surface area contributed by atoms with E-state index in [-0.39, 0.29) is 6.10 Å². The quantitative estimate of drug-likeness (QED) is 0.547. The molecule has 0 fully saturated rings. The Hall–Kier alpha value is -0.680. The van der Waals surface area contributed by atoms with Gasteiger partial charge in [0.1, 0.15) is 6.10 Å². The van der Waals surface area contributed by atoms with Crippen LogP contribution in [0.2, 0.25) is 0 Å². The number of ether oxygens (including phenoxy) is 1. The van der Waals surface area contributed by atoms with E-state index >= 15 is 0 Å². The van der Waals surface area contributed by atoms with E-state index in [1.165, 1.54) is 0 Å². The van der Waals surface area contributed by atoms with Gasteiger partial charge in [0.25, 0.3) is 6.26 Å². The maximum Gasteiger partial charge on any atom is 0.286 e. The molecule has 0 aromatic heterocycles. The van der Waals surface area contributed by atoms with Gasteiger partial charge >= 0.3 is 0 Å². The third-order valence-corrected chi connectivity index (χ3v) is 2.22. The molecular formula is C7H8ClNO. The Morgan fingerprint density at radius 2 is 2.50 bits per heavy atom. The van der Waals surface area contributed by atoms with Crippen LogP contribution in [-0.2, 0) is 4.74 Å². The van der Waals surface area contributed by atoms with E-state index in [1.54, 1.807) is 6.26 Å². The van der Waals surface area contributed by atoms with E-state index in [1.807, 2.05) is 6.92 Å². The lowest BCUT2D eigenvalue weighted by Gasteiger charge is -2.05. The maximum atomic E-state index is 8.19. The topological polar surface area (TPSA) is 33.0 Å². The SMILES string of the molecule is CC1=C(Cl)CCC1OC#N. The highest BCUT2D eigenvalue weighted by molar-refractivity contribution is 6.30. The summed E-state index contributed by atoms with van der Waals surface area (Å²) in [5.41, 5.74) is 1.00. The highest BCUT2D eigenvalue weighted by Gasteiger charge is 2.22. The fourth-order valence-corrected chi connectivity index (χ4v) is 1.29. The molecule has 54 valence electrons. The largest absolute Gasteiger partial charge is 0.420 e. The highest BCUT2D eigenvalue weighted by atomic mass is 35.5. The van der Waals surface area contributed by atoms with Crippen molar-refractivity contribution in [1.29, 1.82) is 5.26 Å². The Labute approximate surface area is 65.0 Å². The van der Waals surface area contributed by atoms with E-state index < -0.39 is 0 Å². The Morgan fingerprint density at radius 1 is 1.80 bits per heavy atom. The van der Waals surface area contributed by atoms with Crippen LogP contribution in [0.15, 0.2) is 10.6 Å². The van der Waals surface area contributed by atoms with Gasteiger partial charge in [-0.1, -0.05) is 11.6 Å². The van der Waals surface area contributed by atoms with Crippen LogP contribution < -0.4 is 0 Å². The van der Waals surface area contributed by atoms with E-state index in [0.717, 1.165) is 23.4 Å². The zero-order valence-corrected chi connectivity index (χ0v) is 6.48. The summed E-state index contributed by atoms with van der Waals surface area (Å²) in [6.45, 7) is 1.90. The molecule has 0 aromatic carbocycles. The summed E-state index contributed by atoms with van der Waals surface area (Å²) < 4.78 is 4.75. The molecule has 10 heavy (non-hydrogen) atoms. The molecule has 1 atom stereocenters. The van der Waals surface area contributed by atoms with Gasteiger partial charge in [-0.2, -0.15) is 5.26 Å². The molecule has 1 rings (SSSR count). The zero-order chi connectivity index (χ0) is 7.56. The molecule has 1 aliphatic carbocycles. The fourth-order valence-electron chi connectivity index (χ4n) is 1.06. The summed E-state index contributed by atoms with van der Waals surface area (Å²) in [4.78, 5) is 0. The Bertz CT molecular complexity index is 204. The number of allylic oxidation sites excluding steroid dienone is 1. The van der Waals surface area contributed by atoms with Crippen molar-refractivity contribution in [2.24, 2.45) is 0 Å². The minimum absolute atomic E-state index is 0.0579. The van der Waals surface area contributed by atoms with Crippen LogP contribution in [0, 0.1) is 11.5 Å². The van der Waals surface area contributed by atoms with Crippen LogP contribution in [0.4, 0.5) is 0 Å². The number of nitriles is 1. The number of hydrogen-bond donors (Lipinski definition) is 0. The predicted molar refractivity (Wildman–Crippen MR) is 38.3 cm³/mol. The van der Waals surface area contributed by atoms with Crippen LogP contribution >= 0.6 is 11.6 Å². The number of nitrogens with zero attached hydrogens (tertiary/aromatic N) is 1. The molecule has 1 aliphatic rings. The van der Waals surface area contributed by atoms with Gasteiger partial charge in [0.05, 0.1) is 0 Å². The van der Waals surface area contributed by atoms with Crippen LogP contribution in [0.3, 0.4) is 0 Å². The van der Waals surface area contributed by atoms with Gasteiger partial charge in [-0.25, -0.2) is 0 Å². The van der Waals surface area contributed by atoms with Gasteiger partial charge in [0, 0.05) is 5.03 Å². The molecule has 0 saturated carbocycles. The number of rotatable bonds is 1. The molecule has 0 N–H and O–H groups in total. The summed E-state index contributed by atoms with van der Waals surface area (Å²) in [6, 6.07) is 0. The smallest absolute Gasteiger partial charge is 0.286 e. The Kier molecular flexibility index (Phi) is 2.18. The van der Waals surface area contributed by atoms with Gasteiger partial charge in [0.15, 0.2) is 0 Å². The van der Waals surface area contributed by atoms with Crippen LogP contribution in [-0.4, -0.2) is 6.10 Å². The monoisotopic (exact) mass is 157 g/mol. The van der Waals surface area contributed by atoms with Crippen molar-refractivity contribution in [3.05, 3.63) is 10.6 Å². The molecule has 3 heteroatoms. The van der Waals surface area contributed by atoms with Gasteiger partial charge in [-0.3, -0.25) is 0 Å².